The molecule has 1 aromatic carbocycles. The highest BCUT2D eigenvalue weighted by molar-refractivity contribution is 5.68. The van der Waals surface area contributed by atoms with Gasteiger partial charge in [0.05, 0.1) is 12.8 Å². The van der Waals surface area contributed by atoms with Crippen molar-refractivity contribution in [3.8, 4) is 11.1 Å². The molecule has 0 amide bonds. The summed E-state index contributed by atoms with van der Waals surface area (Å²) in [4.78, 5) is 2.33. The third kappa shape index (κ3) is 2.43. The maximum Gasteiger partial charge on any atom is 0.0568 e. The molecule has 0 saturated heterocycles. The summed E-state index contributed by atoms with van der Waals surface area (Å²) in [6, 6.07) is 6.70. The monoisotopic (exact) mass is 271 g/mol. The van der Waals surface area contributed by atoms with Crippen molar-refractivity contribution in [1.82, 2.24) is 9.78 Å². The zero-order chi connectivity index (χ0) is 14.1. The zero-order valence-corrected chi connectivity index (χ0v) is 12.3. The van der Waals surface area contributed by atoms with E-state index in [4.69, 9.17) is 4.74 Å². The number of hydrogen-bond donors (Lipinski definition) is 0. The van der Waals surface area contributed by atoms with Crippen molar-refractivity contribution in [3.63, 3.8) is 0 Å². The molecule has 1 unspecified atom stereocenters. The number of aromatic nitrogens is 2. The van der Waals surface area contributed by atoms with E-state index in [1.807, 2.05) is 17.9 Å². The van der Waals surface area contributed by atoms with E-state index in [2.05, 4.69) is 41.4 Å². The lowest BCUT2D eigenvalue weighted by Gasteiger charge is -2.33. The molecule has 4 heteroatoms. The number of benzene rings is 1. The van der Waals surface area contributed by atoms with Crippen LogP contribution in [0.25, 0.3) is 11.1 Å². The van der Waals surface area contributed by atoms with Crippen LogP contribution in [0.4, 0.5) is 5.69 Å². The molecule has 1 atom stereocenters. The number of ether oxygens (including phenoxy) is 1. The molecule has 106 valence electrons. The Balaban J connectivity index is 1.93. The van der Waals surface area contributed by atoms with Gasteiger partial charge in [-0.15, -0.1) is 0 Å². The summed E-state index contributed by atoms with van der Waals surface area (Å²) in [6.45, 7) is 1.88. The molecule has 3 rings (SSSR count). The number of anilines is 1. The first kappa shape index (κ1) is 13.2. The molecule has 2 aromatic rings. The largest absolute Gasteiger partial charge is 0.384 e. The van der Waals surface area contributed by atoms with Crippen molar-refractivity contribution < 1.29 is 4.74 Å². The molecule has 2 heterocycles. The minimum absolute atomic E-state index is 0.571. The van der Waals surface area contributed by atoms with E-state index in [1.165, 1.54) is 22.4 Å². The highest BCUT2D eigenvalue weighted by Crippen LogP contribution is 2.32. The van der Waals surface area contributed by atoms with Gasteiger partial charge in [-0.25, -0.2) is 0 Å². The Morgan fingerprint density at radius 2 is 2.15 bits per heavy atom. The third-order valence-corrected chi connectivity index (χ3v) is 3.97. The molecule has 1 aliphatic heterocycles. The quantitative estimate of drug-likeness (QED) is 0.858. The van der Waals surface area contributed by atoms with Gasteiger partial charge in [-0.1, -0.05) is 6.07 Å². The smallest absolute Gasteiger partial charge is 0.0568 e. The van der Waals surface area contributed by atoms with Gasteiger partial charge in [0.1, 0.15) is 0 Å². The predicted molar refractivity (Wildman–Crippen MR) is 81.0 cm³/mol. The fourth-order valence-electron chi connectivity index (χ4n) is 3.08. The fraction of sp³-hybridized carbons (Fsp3) is 0.438. The first-order valence-electron chi connectivity index (χ1n) is 6.99. The summed E-state index contributed by atoms with van der Waals surface area (Å²) >= 11 is 0. The summed E-state index contributed by atoms with van der Waals surface area (Å²) in [5.41, 5.74) is 5.15. The van der Waals surface area contributed by atoms with Crippen LogP contribution in [-0.4, -0.2) is 37.1 Å². The van der Waals surface area contributed by atoms with Gasteiger partial charge in [-0.2, -0.15) is 5.10 Å². The Kier molecular flexibility index (Phi) is 3.49. The predicted octanol–water partition coefficient (Wildman–Crippen LogP) is 2.34. The highest BCUT2D eigenvalue weighted by Gasteiger charge is 2.22. The molecule has 4 nitrogen and oxygen atoms in total. The van der Waals surface area contributed by atoms with Gasteiger partial charge in [-0.3, -0.25) is 4.68 Å². The van der Waals surface area contributed by atoms with Crippen LogP contribution in [0.15, 0.2) is 30.6 Å². The van der Waals surface area contributed by atoms with E-state index in [0.29, 0.717) is 5.92 Å². The molecule has 0 saturated carbocycles. The fourth-order valence-corrected chi connectivity index (χ4v) is 3.08. The maximum absolute atomic E-state index is 5.32. The number of hydrogen-bond acceptors (Lipinski definition) is 3. The van der Waals surface area contributed by atoms with Gasteiger partial charge in [-0.05, 0) is 29.7 Å². The van der Waals surface area contributed by atoms with Gasteiger partial charge >= 0.3 is 0 Å². The van der Waals surface area contributed by atoms with E-state index in [0.717, 1.165) is 19.6 Å². The number of aryl methyl sites for hydroxylation is 1. The van der Waals surface area contributed by atoms with Crippen molar-refractivity contribution >= 4 is 5.69 Å². The van der Waals surface area contributed by atoms with Gasteiger partial charge in [0.15, 0.2) is 0 Å². The molecule has 1 aliphatic rings. The van der Waals surface area contributed by atoms with E-state index >= 15 is 0 Å². The van der Waals surface area contributed by atoms with Crippen molar-refractivity contribution in [2.75, 3.05) is 32.2 Å². The third-order valence-electron chi connectivity index (χ3n) is 3.97. The van der Waals surface area contributed by atoms with Crippen LogP contribution in [0.5, 0.6) is 0 Å². The van der Waals surface area contributed by atoms with E-state index in [9.17, 15) is 0 Å². The highest BCUT2D eigenvalue weighted by atomic mass is 16.5. The van der Waals surface area contributed by atoms with Crippen LogP contribution in [-0.2, 0) is 18.2 Å². The number of rotatable bonds is 3. The summed E-state index contributed by atoms with van der Waals surface area (Å²) in [5, 5.41) is 4.25. The molecule has 0 N–H and O–H groups in total. The van der Waals surface area contributed by atoms with Crippen molar-refractivity contribution in [2.24, 2.45) is 13.0 Å². The number of nitrogens with zero attached hydrogens (tertiary/aromatic N) is 3. The zero-order valence-electron chi connectivity index (χ0n) is 12.3. The lowest BCUT2D eigenvalue weighted by Crippen LogP contribution is -2.34. The molecular weight excluding hydrogens is 250 g/mol. The van der Waals surface area contributed by atoms with Gasteiger partial charge in [0, 0.05) is 51.1 Å². The first-order chi connectivity index (χ1) is 9.67. The van der Waals surface area contributed by atoms with Crippen molar-refractivity contribution in [1.29, 1.82) is 0 Å². The van der Waals surface area contributed by atoms with Crippen LogP contribution in [0, 0.1) is 5.92 Å². The molecule has 0 fully saturated rings. The minimum Gasteiger partial charge on any atom is -0.384 e. The maximum atomic E-state index is 5.32. The topological polar surface area (TPSA) is 30.3 Å². The molecule has 0 bridgehead atoms. The van der Waals surface area contributed by atoms with E-state index in [-0.39, 0.29) is 0 Å². The number of methoxy groups -OCH3 is 1. The second kappa shape index (κ2) is 5.29. The van der Waals surface area contributed by atoms with Crippen molar-refractivity contribution in [3.05, 3.63) is 36.2 Å². The first-order valence-corrected chi connectivity index (χ1v) is 6.99. The lowest BCUT2D eigenvalue weighted by atomic mass is 9.91. The molecule has 0 spiro atoms. The molecule has 1 aromatic heterocycles. The van der Waals surface area contributed by atoms with Crippen molar-refractivity contribution in [2.45, 2.75) is 6.42 Å². The average Bonchev–Trinajstić information content (AvgIpc) is 2.85. The van der Waals surface area contributed by atoms with Crippen LogP contribution >= 0.6 is 0 Å². The van der Waals surface area contributed by atoms with Crippen LogP contribution in [0.1, 0.15) is 5.56 Å². The van der Waals surface area contributed by atoms with Gasteiger partial charge < -0.3 is 9.64 Å². The van der Waals surface area contributed by atoms with E-state index in [1.54, 1.807) is 7.11 Å². The second-order valence-corrected chi connectivity index (χ2v) is 5.65. The lowest BCUT2D eigenvalue weighted by molar-refractivity contribution is 0.153. The Morgan fingerprint density at radius 1 is 1.30 bits per heavy atom. The van der Waals surface area contributed by atoms with Crippen LogP contribution in [0.2, 0.25) is 0 Å². The summed E-state index contributed by atoms with van der Waals surface area (Å²) in [6.07, 6.45) is 5.06. The van der Waals surface area contributed by atoms with Crippen LogP contribution in [0.3, 0.4) is 0 Å². The SMILES string of the molecule is COCC1Cc2cc(-c3cnn(C)c3)ccc2N(C)C1. The Bertz CT molecular complexity index is 606. The molecular formula is C16H21N3O. The minimum atomic E-state index is 0.571. The van der Waals surface area contributed by atoms with Crippen LogP contribution < -0.4 is 4.90 Å². The average molecular weight is 271 g/mol. The Morgan fingerprint density at radius 3 is 2.85 bits per heavy atom. The Hall–Kier alpha value is -1.81. The normalized spacial score (nSPS) is 18.1. The molecule has 0 radical (unpaired) electrons. The molecule has 20 heavy (non-hydrogen) atoms. The molecule has 0 aliphatic carbocycles. The van der Waals surface area contributed by atoms with E-state index < -0.39 is 0 Å². The number of fused-ring (bicyclic) bond motifs is 1. The standard InChI is InChI=1S/C16H21N3O/c1-18-9-12(11-20-3)6-14-7-13(4-5-16(14)18)15-8-17-19(2)10-15/h4-5,7-8,10,12H,6,9,11H2,1-3H3. The second-order valence-electron chi connectivity index (χ2n) is 5.65. The summed E-state index contributed by atoms with van der Waals surface area (Å²) < 4.78 is 7.16. The summed E-state index contributed by atoms with van der Waals surface area (Å²) in [7, 11) is 5.89. The van der Waals surface area contributed by atoms with Gasteiger partial charge in [0.25, 0.3) is 0 Å². The Labute approximate surface area is 120 Å². The summed E-state index contributed by atoms with van der Waals surface area (Å²) in [5.74, 6) is 0.571. The van der Waals surface area contributed by atoms with Gasteiger partial charge in [0.2, 0.25) is 0 Å².